The summed E-state index contributed by atoms with van der Waals surface area (Å²) < 4.78 is 0. The minimum Gasteiger partial charge on any atom is -0.508 e. The molecule has 0 aliphatic rings. The molecule has 0 bridgehead atoms. The van der Waals surface area contributed by atoms with Crippen molar-refractivity contribution in [1.29, 1.82) is 0 Å². The molecule has 0 radical (unpaired) electrons. The second-order valence-electron chi connectivity index (χ2n) is 4.02. The lowest BCUT2D eigenvalue weighted by molar-refractivity contribution is 0.211. The van der Waals surface area contributed by atoms with Gasteiger partial charge in [-0.05, 0) is 25.1 Å². The molecular formula is C14H14O3. The molecule has 0 heterocycles. The van der Waals surface area contributed by atoms with Crippen molar-refractivity contribution in [2.24, 2.45) is 0 Å². The molecular weight excluding hydrogens is 216 g/mol. The van der Waals surface area contributed by atoms with E-state index in [2.05, 4.69) is 0 Å². The van der Waals surface area contributed by atoms with Gasteiger partial charge >= 0.3 is 0 Å². The van der Waals surface area contributed by atoms with Crippen molar-refractivity contribution in [3.63, 3.8) is 0 Å². The van der Waals surface area contributed by atoms with Gasteiger partial charge in [0.25, 0.3) is 0 Å². The molecule has 3 nitrogen and oxygen atoms in total. The highest BCUT2D eigenvalue weighted by Gasteiger charge is 2.17. The van der Waals surface area contributed by atoms with Crippen molar-refractivity contribution in [2.45, 2.75) is 13.0 Å². The van der Waals surface area contributed by atoms with Crippen LogP contribution in [0.1, 0.15) is 22.8 Å². The van der Waals surface area contributed by atoms with E-state index in [0.717, 1.165) is 5.56 Å². The first kappa shape index (κ1) is 11.5. The molecule has 0 saturated carbocycles. The van der Waals surface area contributed by atoms with Crippen LogP contribution in [0.25, 0.3) is 0 Å². The molecule has 2 aromatic rings. The second-order valence-corrected chi connectivity index (χ2v) is 4.02. The number of aryl methyl sites for hydroxylation is 1. The van der Waals surface area contributed by atoms with Crippen LogP contribution in [0.3, 0.4) is 0 Å². The Morgan fingerprint density at radius 3 is 2.24 bits per heavy atom. The van der Waals surface area contributed by atoms with E-state index in [1.807, 2.05) is 6.92 Å². The van der Waals surface area contributed by atoms with Gasteiger partial charge in [-0.15, -0.1) is 0 Å². The van der Waals surface area contributed by atoms with E-state index in [4.69, 9.17) is 0 Å². The van der Waals surface area contributed by atoms with Crippen LogP contribution in [-0.2, 0) is 0 Å². The van der Waals surface area contributed by atoms with Gasteiger partial charge in [0.15, 0.2) is 0 Å². The van der Waals surface area contributed by atoms with Gasteiger partial charge < -0.3 is 15.3 Å². The average molecular weight is 230 g/mol. The van der Waals surface area contributed by atoms with Gasteiger partial charge in [0.05, 0.1) is 0 Å². The highest BCUT2D eigenvalue weighted by molar-refractivity contribution is 5.45. The average Bonchev–Trinajstić information content (AvgIpc) is 2.32. The van der Waals surface area contributed by atoms with E-state index in [0.29, 0.717) is 11.1 Å². The first-order chi connectivity index (χ1) is 8.09. The van der Waals surface area contributed by atoms with Gasteiger partial charge in [-0.3, -0.25) is 0 Å². The maximum absolute atomic E-state index is 10.2. The first-order valence-electron chi connectivity index (χ1n) is 5.35. The van der Waals surface area contributed by atoms with Crippen LogP contribution in [0.15, 0.2) is 42.5 Å². The third-order valence-corrected chi connectivity index (χ3v) is 2.71. The van der Waals surface area contributed by atoms with Crippen LogP contribution in [0, 0.1) is 6.92 Å². The molecule has 3 heteroatoms. The number of aliphatic hydroxyl groups is 1. The number of aromatic hydroxyl groups is 2. The molecule has 0 aliphatic carbocycles. The fourth-order valence-corrected chi connectivity index (χ4v) is 1.78. The van der Waals surface area contributed by atoms with Crippen LogP contribution in [-0.4, -0.2) is 15.3 Å². The van der Waals surface area contributed by atoms with E-state index in [-0.39, 0.29) is 11.5 Å². The number of phenols is 2. The maximum Gasteiger partial charge on any atom is 0.121 e. The summed E-state index contributed by atoms with van der Waals surface area (Å²) in [7, 11) is 0. The minimum atomic E-state index is -1.03. The first-order valence-corrected chi connectivity index (χ1v) is 5.35. The number of para-hydroxylation sites is 1. The lowest BCUT2D eigenvalue weighted by atomic mass is 9.98. The minimum absolute atomic E-state index is 0.0147. The van der Waals surface area contributed by atoms with Gasteiger partial charge in [0, 0.05) is 11.1 Å². The summed E-state index contributed by atoms with van der Waals surface area (Å²) in [5, 5.41) is 29.5. The quantitative estimate of drug-likeness (QED) is 0.742. The molecule has 0 aromatic heterocycles. The summed E-state index contributed by atoms with van der Waals surface area (Å²) in [5.74, 6) is 0.0345. The van der Waals surface area contributed by atoms with Gasteiger partial charge in [-0.2, -0.15) is 0 Å². The molecule has 0 aliphatic heterocycles. The molecule has 2 rings (SSSR count). The predicted octanol–water partition coefficient (Wildman–Crippen LogP) is 2.49. The fourth-order valence-electron chi connectivity index (χ4n) is 1.78. The van der Waals surface area contributed by atoms with Crippen molar-refractivity contribution >= 4 is 0 Å². The van der Waals surface area contributed by atoms with Crippen LogP contribution >= 0.6 is 0 Å². The third-order valence-electron chi connectivity index (χ3n) is 2.71. The molecule has 0 fully saturated rings. The summed E-state index contributed by atoms with van der Waals surface area (Å²) in [5.41, 5.74) is 1.71. The van der Waals surface area contributed by atoms with Crippen molar-refractivity contribution in [3.8, 4) is 11.5 Å². The number of hydrogen-bond acceptors (Lipinski definition) is 3. The summed E-state index contributed by atoms with van der Waals surface area (Å²) in [6.07, 6.45) is -1.03. The smallest absolute Gasteiger partial charge is 0.121 e. The Bertz CT molecular complexity index is 535. The zero-order valence-electron chi connectivity index (χ0n) is 9.46. The Kier molecular flexibility index (Phi) is 3.02. The van der Waals surface area contributed by atoms with Crippen molar-refractivity contribution < 1.29 is 15.3 Å². The standard InChI is InChI=1S/C14H14O3/c1-9-6-7-13(16)11(8-9)14(17)10-4-2-3-5-12(10)15/h2-8,14-17H,1H3. The zero-order chi connectivity index (χ0) is 12.4. The summed E-state index contributed by atoms with van der Waals surface area (Å²) in [4.78, 5) is 0. The molecule has 2 aromatic carbocycles. The third kappa shape index (κ3) is 2.24. The van der Waals surface area contributed by atoms with Gasteiger partial charge in [0.2, 0.25) is 0 Å². The maximum atomic E-state index is 10.2. The zero-order valence-corrected chi connectivity index (χ0v) is 9.46. The predicted molar refractivity (Wildman–Crippen MR) is 65.0 cm³/mol. The van der Waals surface area contributed by atoms with Crippen LogP contribution in [0.4, 0.5) is 0 Å². The highest BCUT2D eigenvalue weighted by atomic mass is 16.3. The molecule has 3 N–H and O–H groups in total. The number of hydrogen-bond donors (Lipinski definition) is 3. The Balaban J connectivity index is 2.47. The van der Waals surface area contributed by atoms with Crippen molar-refractivity contribution in [2.75, 3.05) is 0 Å². The van der Waals surface area contributed by atoms with Gasteiger partial charge in [-0.25, -0.2) is 0 Å². The molecule has 17 heavy (non-hydrogen) atoms. The van der Waals surface area contributed by atoms with Gasteiger partial charge in [-0.1, -0.05) is 29.8 Å². The van der Waals surface area contributed by atoms with Crippen molar-refractivity contribution in [1.82, 2.24) is 0 Å². The van der Waals surface area contributed by atoms with E-state index < -0.39 is 6.10 Å². The summed E-state index contributed by atoms with van der Waals surface area (Å²) in [6.45, 7) is 1.88. The topological polar surface area (TPSA) is 60.7 Å². The Hall–Kier alpha value is -2.00. The van der Waals surface area contributed by atoms with E-state index in [9.17, 15) is 15.3 Å². The second kappa shape index (κ2) is 4.47. The molecule has 1 atom stereocenters. The molecule has 0 saturated heterocycles. The molecule has 0 spiro atoms. The van der Waals surface area contributed by atoms with E-state index >= 15 is 0 Å². The Labute approximate surface area is 99.6 Å². The molecule has 88 valence electrons. The lowest BCUT2D eigenvalue weighted by Crippen LogP contribution is -2.00. The monoisotopic (exact) mass is 230 g/mol. The largest absolute Gasteiger partial charge is 0.508 e. The van der Waals surface area contributed by atoms with Crippen LogP contribution in [0.2, 0.25) is 0 Å². The normalized spacial score (nSPS) is 12.4. The SMILES string of the molecule is Cc1ccc(O)c(C(O)c2ccccc2O)c1. The number of rotatable bonds is 2. The number of phenolic OH excluding ortho intramolecular Hbond substituents is 2. The summed E-state index contributed by atoms with van der Waals surface area (Å²) >= 11 is 0. The fraction of sp³-hybridized carbons (Fsp3) is 0.143. The van der Waals surface area contributed by atoms with Crippen LogP contribution in [0.5, 0.6) is 11.5 Å². The van der Waals surface area contributed by atoms with E-state index in [1.54, 1.807) is 30.3 Å². The molecule has 1 unspecified atom stereocenters. The van der Waals surface area contributed by atoms with Crippen LogP contribution < -0.4 is 0 Å². The number of benzene rings is 2. The Morgan fingerprint density at radius 1 is 0.882 bits per heavy atom. The summed E-state index contributed by atoms with van der Waals surface area (Å²) in [6, 6.07) is 11.5. The number of aliphatic hydroxyl groups excluding tert-OH is 1. The van der Waals surface area contributed by atoms with Crippen molar-refractivity contribution in [3.05, 3.63) is 59.2 Å². The van der Waals surface area contributed by atoms with Gasteiger partial charge in [0.1, 0.15) is 17.6 Å². The Morgan fingerprint density at radius 2 is 1.53 bits per heavy atom. The highest BCUT2D eigenvalue weighted by Crippen LogP contribution is 2.33. The molecule has 0 amide bonds. The van der Waals surface area contributed by atoms with E-state index in [1.165, 1.54) is 12.1 Å². The lowest BCUT2D eigenvalue weighted by Gasteiger charge is -2.14.